The Hall–Kier alpha value is -1.35. The minimum Gasteiger partial charge on any atom is -0.508 e. The van der Waals surface area contributed by atoms with Gasteiger partial charge in [0.05, 0.1) is 0 Å². The van der Waals surface area contributed by atoms with E-state index in [1.165, 1.54) is 0 Å². The van der Waals surface area contributed by atoms with Crippen LogP contribution in [-0.2, 0) is 0 Å². The van der Waals surface area contributed by atoms with Crippen molar-refractivity contribution < 1.29 is 10.2 Å². The van der Waals surface area contributed by atoms with Gasteiger partial charge in [0.15, 0.2) is 0 Å². The Morgan fingerprint density at radius 3 is 2.54 bits per heavy atom. The van der Waals surface area contributed by atoms with Gasteiger partial charge in [0.2, 0.25) is 0 Å². The second kappa shape index (κ2) is 5.32. The van der Waals surface area contributed by atoms with Gasteiger partial charge >= 0.3 is 0 Å². The van der Waals surface area contributed by atoms with Gasteiger partial charge in [0.1, 0.15) is 5.75 Å². The van der Waals surface area contributed by atoms with Crippen LogP contribution in [0.1, 0.15) is 12.0 Å². The van der Waals surface area contributed by atoms with Crippen LogP contribution in [0.15, 0.2) is 29.3 Å². The van der Waals surface area contributed by atoms with E-state index in [-0.39, 0.29) is 12.4 Å². The highest BCUT2D eigenvalue weighted by Crippen LogP contribution is 2.07. The molecule has 0 saturated carbocycles. The first-order valence-electron chi connectivity index (χ1n) is 4.22. The topological polar surface area (TPSA) is 52.8 Å². The number of aromatic hydroxyl groups is 1. The molecule has 3 heteroatoms. The molecule has 0 unspecified atom stereocenters. The summed E-state index contributed by atoms with van der Waals surface area (Å²) < 4.78 is 0. The lowest BCUT2D eigenvalue weighted by molar-refractivity contribution is 0.291. The molecule has 0 amide bonds. The number of phenolic OH excluding ortho intramolecular Hbond substituents is 1. The van der Waals surface area contributed by atoms with Crippen LogP contribution in [-0.4, -0.2) is 29.6 Å². The molecule has 1 rings (SSSR count). The van der Waals surface area contributed by atoms with Crippen molar-refractivity contribution >= 4 is 6.21 Å². The van der Waals surface area contributed by atoms with Crippen molar-refractivity contribution in [3.8, 4) is 5.75 Å². The Balaban J connectivity index is 2.44. The molecule has 0 atom stereocenters. The first-order valence-corrected chi connectivity index (χ1v) is 4.22. The first kappa shape index (κ1) is 9.74. The molecule has 0 fully saturated rings. The molecule has 3 nitrogen and oxygen atoms in total. The molecule has 0 aliphatic heterocycles. The zero-order valence-corrected chi connectivity index (χ0v) is 7.35. The fourth-order valence-electron chi connectivity index (χ4n) is 0.892. The Kier molecular flexibility index (Phi) is 3.99. The number of nitrogens with zero attached hydrogens (tertiary/aromatic N) is 1. The van der Waals surface area contributed by atoms with Gasteiger partial charge in [0.25, 0.3) is 0 Å². The second-order valence-corrected chi connectivity index (χ2v) is 2.70. The van der Waals surface area contributed by atoms with E-state index in [0.29, 0.717) is 13.0 Å². The number of benzene rings is 1. The highest BCUT2D eigenvalue weighted by Gasteiger charge is 1.87. The minimum absolute atomic E-state index is 0.174. The SMILES string of the molecule is OCCCN=Cc1ccc(O)cc1. The van der Waals surface area contributed by atoms with E-state index in [1.54, 1.807) is 30.5 Å². The van der Waals surface area contributed by atoms with Crippen molar-refractivity contribution in [2.45, 2.75) is 6.42 Å². The van der Waals surface area contributed by atoms with Gasteiger partial charge in [-0.1, -0.05) is 0 Å². The molecule has 70 valence electrons. The minimum atomic E-state index is 0.174. The third-order valence-electron chi connectivity index (χ3n) is 1.58. The summed E-state index contributed by atoms with van der Waals surface area (Å²) in [6, 6.07) is 6.82. The van der Waals surface area contributed by atoms with Crippen LogP contribution in [0, 0.1) is 0 Å². The van der Waals surface area contributed by atoms with Gasteiger partial charge in [-0.3, -0.25) is 4.99 Å². The summed E-state index contributed by atoms with van der Waals surface area (Å²) in [6.45, 7) is 0.810. The molecular weight excluding hydrogens is 166 g/mol. The molecule has 0 aliphatic rings. The molecule has 0 spiro atoms. The van der Waals surface area contributed by atoms with Crippen molar-refractivity contribution in [3.05, 3.63) is 29.8 Å². The molecule has 1 aromatic rings. The van der Waals surface area contributed by atoms with Gasteiger partial charge in [0, 0.05) is 19.4 Å². The van der Waals surface area contributed by atoms with Crippen molar-refractivity contribution in [1.82, 2.24) is 0 Å². The van der Waals surface area contributed by atoms with E-state index in [0.717, 1.165) is 5.56 Å². The molecular formula is C10H13NO2. The van der Waals surface area contributed by atoms with Crippen molar-refractivity contribution in [3.63, 3.8) is 0 Å². The number of aliphatic hydroxyl groups is 1. The standard InChI is InChI=1S/C10H13NO2/c12-7-1-6-11-8-9-2-4-10(13)5-3-9/h2-5,8,12-13H,1,6-7H2. The van der Waals surface area contributed by atoms with Crippen LogP contribution < -0.4 is 0 Å². The van der Waals surface area contributed by atoms with Crippen LogP contribution >= 0.6 is 0 Å². The zero-order valence-electron chi connectivity index (χ0n) is 7.35. The van der Waals surface area contributed by atoms with Crippen molar-refractivity contribution in [2.24, 2.45) is 4.99 Å². The van der Waals surface area contributed by atoms with Gasteiger partial charge in [-0.15, -0.1) is 0 Å². The molecule has 0 radical (unpaired) electrons. The molecule has 13 heavy (non-hydrogen) atoms. The Labute approximate surface area is 77.4 Å². The first-order chi connectivity index (χ1) is 6.33. The van der Waals surface area contributed by atoms with Gasteiger partial charge in [-0.2, -0.15) is 0 Å². The lowest BCUT2D eigenvalue weighted by atomic mass is 10.2. The summed E-state index contributed by atoms with van der Waals surface area (Å²) >= 11 is 0. The Bertz CT molecular complexity index is 267. The number of aliphatic hydroxyl groups excluding tert-OH is 1. The summed E-state index contributed by atoms with van der Waals surface area (Å²) in [5.74, 6) is 0.257. The summed E-state index contributed by atoms with van der Waals surface area (Å²) in [7, 11) is 0. The van der Waals surface area contributed by atoms with Gasteiger partial charge < -0.3 is 10.2 Å². The largest absolute Gasteiger partial charge is 0.508 e. The predicted octanol–water partition coefficient (Wildman–Crippen LogP) is 1.19. The van der Waals surface area contributed by atoms with E-state index in [4.69, 9.17) is 10.2 Å². The monoisotopic (exact) mass is 179 g/mol. The van der Waals surface area contributed by atoms with E-state index >= 15 is 0 Å². The predicted molar refractivity (Wildman–Crippen MR) is 52.3 cm³/mol. The Morgan fingerprint density at radius 1 is 1.23 bits per heavy atom. The van der Waals surface area contributed by atoms with E-state index in [9.17, 15) is 0 Å². The van der Waals surface area contributed by atoms with E-state index in [2.05, 4.69) is 4.99 Å². The quantitative estimate of drug-likeness (QED) is 0.539. The lowest BCUT2D eigenvalue weighted by Crippen LogP contribution is -1.88. The third kappa shape index (κ3) is 3.71. The number of phenols is 1. The fourth-order valence-corrected chi connectivity index (χ4v) is 0.892. The lowest BCUT2D eigenvalue weighted by Gasteiger charge is -1.93. The smallest absolute Gasteiger partial charge is 0.115 e. The van der Waals surface area contributed by atoms with Gasteiger partial charge in [-0.25, -0.2) is 0 Å². The van der Waals surface area contributed by atoms with Crippen LogP contribution in [0.5, 0.6) is 5.75 Å². The van der Waals surface area contributed by atoms with Crippen LogP contribution in [0.25, 0.3) is 0 Å². The normalized spacial score (nSPS) is 10.8. The third-order valence-corrected chi connectivity index (χ3v) is 1.58. The number of hydrogen-bond acceptors (Lipinski definition) is 3. The molecule has 1 aromatic carbocycles. The van der Waals surface area contributed by atoms with E-state index in [1.807, 2.05) is 0 Å². The summed E-state index contributed by atoms with van der Waals surface area (Å²) in [5, 5.41) is 17.5. The average Bonchev–Trinajstić information content (AvgIpc) is 2.15. The molecule has 2 N–H and O–H groups in total. The van der Waals surface area contributed by atoms with Gasteiger partial charge in [-0.05, 0) is 36.2 Å². The van der Waals surface area contributed by atoms with Crippen LogP contribution in [0.2, 0.25) is 0 Å². The number of rotatable bonds is 4. The molecule has 0 bridgehead atoms. The average molecular weight is 179 g/mol. The highest BCUT2D eigenvalue weighted by molar-refractivity contribution is 5.79. The summed E-state index contributed by atoms with van der Waals surface area (Å²) in [5.41, 5.74) is 0.954. The maximum Gasteiger partial charge on any atom is 0.115 e. The number of hydrogen-bond donors (Lipinski definition) is 2. The van der Waals surface area contributed by atoms with Crippen LogP contribution in [0.4, 0.5) is 0 Å². The maximum absolute atomic E-state index is 8.99. The molecule has 0 saturated heterocycles. The van der Waals surface area contributed by atoms with Crippen molar-refractivity contribution in [2.75, 3.05) is 13.2 Å². The number of aliphatic imine (C=N–C) groups is 1. The van der Waals surface area contributed by atoms with Crippen molar-refractivity contribution in [1.29, 1.82) is 0 Å². The summed E-state index contributed by atoms with van der Waals surface area (Å²) in [6.07, 6.45) is 2.42. The maximum atomic E-state index is 8.99. The summed E-state index contributed by atoms with van der Waals surface area (Å²) in [4.78, 5) is 4.09. The molecule has 0 aliphatic carbocycles. The molecule has 0 heterocycles. The van der Waals surface area contributed by atoms with Crippen LogP contribution in [0.3, 0.4) is 0 Å². The van der Waals surface area contributed by atoms with E-state index < -0.39 is 0 Å². The Morgan fingerprint density at radius 2 is 1.92 bits per heavy atom. The fraction of sp³-hybridized carbons (Fsp3) is 0.300. The molecule has 0 aromatic heterocycles. The second-order valence-electron chi connectivity index (χ2n) is 2.70. The highest BCUT2D eigenvalue weighted by atomic mass is 16.3. The zero-order chi connectivity index (χ0) is 9.52.